The Kier molecular flexibility index (Phi) is 8.47. The smallest absolute Gasteiger partial charge is 0.415 e. The number of likely N-dealkylation sites (tertiary alicyclic amines) is 1. The molecule has 2 fully saturated rings. The van der Waals surface area contributed by atoms with Gasteiger partial charge in [0, 0.05) is 51.0 Å². The number of rotatable bonds is 8. The van der Waals surface area contributed by atoms with Gasteiger partial charge in [0.1, 0.15) is 23.6 Å². The number of nitrogen functional groups attached to an aromatic ring is 1. The van der Waals surface area contributed by atoms with Crippen LogP contribution in [0.4, 0.5) is 23.4 Å². The maximum absolute atomic E-state index is 14.7. The Labute approximate surface area is 243 Å². The third-order valence-corrected chi connectivity index (χ3v) is 9.14. The van der Waals surface area contributed by atoms with Gasteiger partial charge >= 0.3 is 6.18 Å². The average molecular weight is 631 g/mol. The number of halogens is 4. The van der Waals surface area contributed by atoms with Crippen molar-refractivity contribution in [3.05, 3.63) is 35.8 Å². The number of aliphatic hydroxyl groups excluding tert-OH is 1. The number of carbonyl (C=O) groups excluding carboxylic acids is 1. The average Bonchev–Trinajstić information content (AvgIpc) is 3.49. The Morgan fingerprint density at radius 1 is 1.21 bits per heavy atom. The zero-order valence-corrected chi connectivity index (χ0v) is 23.8. The molecule has 13 nitrogen and oxygen atoms in total. The van der Waals surface area contributed by atoms with Crippen molar-refractivity contribution in [2.45, 2.75) is 31.0 Å². The number of methoxy groups -OCH3 is 1. The monoisotopic (exact) mass is 630 g/mol. The largest absolute Gasteiger partial charge is 0.480 e. The van der Waals surface area contributed by atoms with Crippen LogP contribution < -0.4 is 15.8 Å². The molecule has 5 heterocycles. The zero-order chi connectivity index (χ0) is 31.1. The number of alkyl halides is 4. The van der Waals surface area contributed by atoms with Gasteiger partial charge in [-0.25, -0.2) is 27.3 Å². The second-order valence-electron chi connectivity index (χ2n) is 10.5. The number of nitrogens with zero attached hydrogens (tertiary/aromatic N) is 6. The number of ether oxygens (including phenoxy) is 1. The molecule has 0 bridgehead atoms. The van der Waals surface area contributed by atoms with Gasteiger partial charge in [-0.15, -0.1) is 0 Å². The number of fused-ring (bicyclic) bond motifs is 1. The predicted molar refractivity (Wildman–Crippen MR) is 146 cm³/mol. The number of pyridine rings is 1. The molecule has 0 spiro atoms. The summed E-state index contributed by atoms with van der Waals surface area (Å²) in [5.74, 6) is -0.555. The van der Waals surface area contributed by atoms with E-state index in [0.29, 0.717) is 36.4 Å². The topological polar surface area (TPSA) is 168 Å². The quantitative estimate of drug-likeness (QED) is 0.293. The lowest BCUT2D eigenvalue weighted by Gasteiger charge is -2.26. The Balaban J connectivity index is 1.40. The maximum Gasteiger partial charge on any atom is 0.415 e. The molecule has 0 saturated carbocycles. The van der Waals surface area contributed by atoms with Gasteiger partial charge in [0.25, 0.3) is 5.91 Å². The first-order valence-corrected chi connectivity index (χ1v) is 15.1. The number of nitrogens with two attached hydrogens (primary N) is 1. The van der Waals surface area contributed by atoms with Gasteiger partial charge in [0.2, 0.25) is 5.88 Å². The van der Waals surface area contributed by atoms with E-state index in [2.05, 4.69) is 20.4 Å². The van der Waals surface area contributed by atoms with Gasteiger partial charge in [-0.2, -0.15) is 18.3 Å². The molecule has 3 aromatic rings. The summed E-state index contributed by atoms with van der Waals surface area (Å²) in [7, 11) is -1.78. The van der Waals surface area contributed by atoms with Crippen molar-refractivity contribution in [1.82, 2.24) is 34.7 Å². The first kappa shape index (κ1) is 30.8. The molecular formula is C25H30F4N8O5S. The van der Waals surface area contributed by atoms with E-state index in [9.17, 15) is 35.9 Å². The van der Waals surface area contributed by atoms with E-state index in [1.54, 1.807) is 6.07 Å². The van der Waals surface area contributed by atoms with Crippen molar-refractivity contribution in [2.75, 3.05) is 57.1 Å². The molecule has 18 heteroatoms. The molecule has 5 rings (SSSR count). The van der Waals surface area contributed by atoms with Gasteiger partial charge in [0.15, 0.2) is 21.8 Å². The molecule has 2 aliphatic heterocycles. The summed E-state index contributed by atoms with van der Waals surface area (Å²) in [6.07, 6.45) is -6.46. The minimum absolute atomic E-state index is 0.0416. The molecule has 1 amide bonds. The Bertz CT molecular complexity index is 1600. The highest BCUT2D eigenvalue weighted by Gasteiger charge is 2.42. The van der Waals surface area contributed by atoms with E-state index in [-0.39, 0.29) is 35.3 Å². The van der Waals surface area contributed by atoms with Crippen molar-refractivity contribution in [3.63, 3.8) is 0 Å². The van der Waals surface area contributed by atoms with E-state index in [1.165, 1.54) is 30.2 Å². The molecule has 234 valence electrons. The van der Waals surface area contributed by atoms with Crippen LogP contribution >= 0.6 is 0 Å². The van der Waals surface area contributed by atoms with Crippen LogP contribution in [-0.2, 0) is 16.4 Å². The highest BCUT2D eigenvalue weighted by atomic mass is 32.2. The number of β-amino-alcohol motifs (C(OH)–C–C–N with tert-alkyl or cyclic N) is 1. The highest BCUT2D eigenvalue weighted by molar-refractivity contribution is 7.91. The van der Waals surface area contributed by atoms with Crippen LogP contribution in [0.2, 0.25) is 0 Å². The molecule has 4 N–H and O–H groups in total. The molecule has 0 aromatic carbocycles. The first-order chi connectivity index (χ1) is 20.3. The molecule has 2 aliphatic rings. The predicted octanol–water partition coefficient (Wildman–Crippen LogP) is 0.288. The second kappa shape index (κ2) is 11.8. The number of aromatic nitrogens is 4. The summed E-state index contributed by atoms with van der Waals surface area (Å²) in [6.45, 7) is -0.390. The van der Waals surface area contributed by atoms with Gasteiger partial charge in [0.05, 0.1) is 30.4 Å². The maximum atomic E-state index is 14.7. The third kappa shape index (κ3) is 6.66. The summed E-state index contributed by atoms with van der Waals surface area (Å²) < 4.78 is 83.5. The van der Waals surface area contributed by atoms with Gasteiger partial charge in [-0.05, 0) is 17.7 Å². The van der Waals surface area contributed by atoms with Crippen LogP contribution in [0.3, 0.4) is 0 Å². The number of sulfone groups is 1. The van der Waals surface area contributed by atoms with E-state index < -0.39 is 53.3 Å². The van der Waals surface area contributed by atoms with Crippen LogP contribution in [0.1, 0.15) is 15.9 Å². The van der Waals surface area contributed by atoms with Gasteiger partial charge < -0.3 is 20.9 Å². The lowest BCUT2D eigenvalue weighted by molar-refractivity contribution is -0.207. The number of hydrogen-bond donors (Lipinski definition) is 3. The molecule has 3 aromatic heterocycles. The minimum atomic E-state index is -4.85. The molecule has 43 heavy (non-hydrogen) atoms. The number of amides is 1. The van der Waals surface area contributed by atoms with Crippen LogP contribution in [0, 0.1) is 0 Å². The summed E-state index contributed by atoms with van der Waals surface area (Å²) in [6, 6.07) is 2.11. The van der Waals surface area contributed by atoms with E-state index >= 15 is 0 Å². The molecule has 2 saturated heterocycles. The third-order valence-electron chi connectivity index (χ3n) is 7.53. The lowest BCUT2D eigenvalue weighted by atomic mass is 10.1. The first-order valence-electron chi connectivity index (χ1n) is 13.3. The standard InChI is InChI=1S/C25H30F4N8O5S/c1-42-24-16(23(39)34-18-11-36(10-17(18)26)12-20(38)25(27,28)29)6-14(8-31-24)19-7-15(21-22(30)32-13-33-37(19)21)9-35-2-4-43(40,41)5-3-35/h6-8,13,17-18,20,38H,2-5,9-12H2,1H3,(H,34,39)(H2,30,32,33)/t17-,18+,20?/m0/s1. The Morgan fingerprint density at radius 3 is 2.60 bits per heavy atom. The van der Waals surface area contributed by atoms with Crippen molar-refractivity contribution in [1.29, 1.82) is 0 Å². The molecule has 0 radical (unpaired) electrons. The molecule has 3 atom stereocenters. The fourth-order valence-electron chi connectivity index (χ4n) is 5.26. The van der Waals surface area contributed by atoms with Crippen LogP contribution in [-0.4, -0.2) is 125 Å². The summed E-state index contributed by atoms with van der Waals surface area (Å²) in [5.41, 5.74) is 8.27. The zero-order valence-electron chi connectivity index (χ0n) is 23.0. The number of aliphatic hydroxyl groups is 1. The fraction of sp³-hybridized carbons (Fsp3) is 0.520. The summed E-state index contributed by atoms with van der Waals surface area (Å²) in [4.78, 5) is 24.7. The van der Waals surface area contributed by atoms with Crippen LogP contribution in [0.15, 0.2) is 24.7 Å². The normalized spacial score (nSPS) is 22.1. The van der Waals surface area contributed by atoms with Crippen LogP contribution in [0.25, 0.3) is 16.8 Å². The molecule has 1 unspecified atom stereocenters. The van der Waals surface area contributed by atoms with Gasteiger partial charge in [-0.1, -0.05) is 0 Å². The summed E-state index contributed by atoms with van der Waals surface area (Å²) >= 11 is 0. The number of nitrogens with one attached hydrogen (secondary N) is 1. The number of carbonyl (C=O) groups is 1. The molecular weight excluding hydrogens is 600 g/mol. The van der Waals surface area contributed by atoms with Gasteiger partial charge in [-0.3, -0.25) is 14.6 Å². The van der Waals surface area contributed by atoms with Crippen molar-refractivity contribution >= 4 is 27.1 Å². The van der Waals surface area contributed by atoms with E-state index in [4.69, 9.17) is 10.5 Å². The van der Waals surface area contributed by atoms with Crippen molar-refractivity contribution in [2.24, 2.45) is 0 Å². The second-order valence-corrected chi connectivity index (χ2v) is 12.8. The van der Waals surface area contributed by atoms with E-state index in [0.717, 1.165) is 10.5 Å². The summed E-state index contributed by atoms with van der Waals surface area (Å²) in [5, 5.41) is 16.2. The van der Waals surface area contributed by atoms with Crippen LogP contribution in [0.5, 0.6) is 5.88 Å². The number of hydrogen-bond acceptors (Lipinski definition) is 11. The minimum Gasteiger partial charge on any atom is -0.480 e. The van der Waals surface area contributed by atoms with Crippen molar-refractivity contribution in [3.8, 4) is 17.1 Å². The fourth-order valence-corrected chi connectivity index (χ4v) is 6.53. The highest BCUT2D eigenvalue weighted by Crippen LogP contribution is 2.31. The Hall–Kier alpha value is -3.61. The van der Waals surface area contributed by atoms with E-state index in [1.807, 2.05) is 4.90 Å². The van der Waals surface area contributed by atoms with Crippen molar-refractivity contribution < 1.29 is 40.6 Å². The SMILES string of the molecule is COc1ncc(-c2cc(CN3CCS(=O)(=O)CC3)c3c(N)ncnn23)cc1C(=O)N[C@@H]1CN(CC(O)C(F)(F)F)C[C@@H]1F. The molecule has 0 aliphatic carbocycles. The lowest BCUT2D eigenvalue weighted by Crippen LogP contribution is -2.43. The number of anilines is 1. The Morgan fingerprint density at radius 2 is 1.93 bits per heavy atom.